The summed E-state index contributed by atoms with van der Waals surface area (Å²) in [7, 11) is 0. The minimum atomic E-state index is -0.0976. The molecule has 2 rings (SSSR count). The van der Waals surface area contributed by atoms with Crippen molar-refractivity contribution in [1.29, 1.82) is 5.26 Å². The lowest BCUT2D eigenvalue weighted by molar-refractivity contribution is 0.0935. The van der Waals surface area contributed by atoms with Crippen molar-refractivity contribution < 1.29 is 9.90 Å². The van der Waals surface area contributed by atoms with Crippen molar-refractivity contribution >= 4 is 17.7 Å². The molecule has 112 valence electrons. The molecule has 0 saturated heterocycles. The quantitative estimate of drug-likeness (QED) is 0.792. The standard InChI is InChI=1S/C16H20N2O2S/c17-8-9-21-15-7-2-1-6-14(15)16(20)18-10-12-4-3-5-13(12)11-19/h1-2,6-7,12-13,19H,3-5,9-11H2,(H,18,20). The Bertz CT molecular complexity index is 527. The number of hydrogen-bond acceptors (Lipinski definition) is 4. The maximum Gasteiger partial charge on any atom is 0.252 e. The van der Waals surface area contributed by atoms with Gasteiger partial charge >= 0.3 is 0 Å². The van der Waals surface area contributed by atoms with Crippen LogP contribution in [0.3, 0.4) is 0 Å². The highest BCUT2D eigenvalue weighted by Gasteiger charge is 2.27. The Morgan fingerprint density at radius 3 is 2.90 bits per heavy atom. The number of rotatable bonds is 6. The first kappa shape index (κ1) is 15.9. The summed E-state index contributed by atoms with van der Waals surface area (Å²) in [6, 6.07) is 9.43. The summed E-state index contributed by atoms with van der Waals surface area (Å²) in [4.78, 5) is 13.1. The van der Waals surface area contributed by atoms with Gasteiger partial charge in [-0.3, -0.25) is 4.79 Å². The molecule has 1 amide bonds. The number of nitriles is 1. The molecule has 2 unspecified atom stereocenters. The normalized spacial score (nSPS) is 21.0. The van der Waals surface area contributed by atoms with Crippen LogP contribution in [0.25, 0.3) is 0 Å². The van der Waals surface area contributed by atoms with Crippen LogP contribution in [0.15, 0.2) is 29.2 Å². The molecule has 0 heterocycles. The topological polar surface area (TPSA) is 73.1 Å². The first-order valence-corrected chi connectivity index (χ1v) is 8.22. The zero-order chi connectivity index (χ0) is 15.1. The molecule has 0 radical (unpaired) electrons. The highest BCUT2D eigenvalue weighted by Crippen LogP contribution is 2.30. The number of carbonyl (C=O) groups excluding carboxylic acids is 1. The predicted octanol–water partition coefficient (Wildman–Crippen LogP) is 2.44. The van der Waals surface area contributed by atoms with Gasteiger partial charge in [0.1, 0.15) is 0 Å². The fourth-order valence-electron chi connectivity index (χ4n) is 2.83. The Hall–Kier alpha value is -1.51. The molecule has 1 aliphatic rings. The second kappa shape index (κ2) is 8.06. The number of hydrogen-bond donors (Lipinski definition) is 2. The second-order valence-electron chi connectivity index (χ2n) is 5.29. The van der Waals surface area contributed by atoms with Gasteiger partial charge in [0.05, 0.1) is 17.4 Å². The molecule has 2 N–H and O–H groups in total. The molecule has 0 spiro atoms. The average molecular weight is 304 g/mol. The van der Waals surface area contributed by atoms with Gasteiger partial charge in [-0.1, -0.05) is 18.6 Å². The lowest BCUT2D eigenvalue weighted by Crippen LogP contribution is -2.32. The van der Waals surface area contributed by atoms with Crippen molar-refractivity contribution in [1.82, 2.24) is 5.32 Å². The molecule has 1 aromatic carbocycles. The van der Waals surface area contributed by atoms with Gasteiger partial charge in [0.15, 0.2) is 0 Å². The number of benzene rings is 1. The van der Waals surface area contributed by atoms with Crippen molar-refractivity contribution in [2.24, 2.45) is 11.8 Å². The van der Waals surface area contributed by atoms with Gasteiger partial charge in [0.25, 0.3) is 5.91 Å². The summed E-state index contributed by atoms with van der Waals surface area (Å²) in [6.45, 7) is 0.816. The van der Waals surface area contributed by atoms with Gasteiger partial charge < -0.3 is 10.4 Å². The highest BCUT2D eigenvalue weighted by molar-refractivity contribution is 7.99. The number of carbonyl (C=O) groups is 1. The van der Waals surface area contributed by atoms with Crippen LogP contribution in [0.5, 0.6) is 0 Å². The minimum Gasteiger partial charge on any atom is -0.396 e. The van der Waals surface area contributed by atoms with Gasteiger partial charge in [-0.25, -0.2) is 0 Å². The average Bonchev–Trinajstić information content (AvgIpc) is 2.98. The van der Waals surface area contributed by atoms with E-state index in [0.29, 0.717) is 29.7 Å². The number of aliphatic hydroxyl groups is 1. The van der Waals surface area contributed by atoms with E-state index < -0.39 is 0 Å². The third kappa shape index (κ3) is 4.23. The largest absolute Gasteiger partial charge is 0.396 e. The lowest BCUT2D eigenvalue weighted by atomic mass is 9.97. The van der Waals surface area contributed by atoms with Crippen molar-refractivity contribution in [3.05, 3.63) is 29.8 Å². The fourth-order valence-corrected chi connectivity index (χ4v) is 3.54. The van der Waals surface area contributed by atoms with Crippen LogP contribution < -0.4 is 5.32 Å². The minimum absolute atomic E-state index is 0.0976. The van der Waals surface area contributed by atoms with E-state index in [-0.39, 0.29) is 12.5 Å². The van der Waals surface area contributed by atoms with Crippen molar-refractivity contribution in [3.8, 4) is 6.07 Å². The van der Waals surface area contributed by atoms with E-state index >= 15 is 0 Å². The van der Waals surface area contributed by atoms with Crippen LogP contribution in [0.4, 0.5) is 0 Å². The van der Waals surface area contributed by atoms with Crippen molar-refractivity contribution in [2.75, 3.05) is 18.9 Å². The van der Waals surface area contributed by atoms with Crippen LogP contribution in [-0.4, -0.2) is 29.9 Å². The molecule has 0 aromatic heterocycles. The van der Waals surface area contributed by atoms with E-state index in [1.807, 2.05) is 18.2 Å². The SMILES string of the molecule is N#CCSc1ccccc1C(=O)NCC1CCCC1CO. The molecule has 0 aliphatic heterocycles. The Balaban J connectivity index is 1.95. The van der Waals surface area contributed by atoms with Gasteiger partial charge in [-0.05, 0) is 36.8 Å². The zero-order valence-corrected chi connectivity index (χ0v) is 12.7. The Kier molecular flexibility index (Phi) is 6.09. The van der Waals surface area contributed by atoms with E-state index in [2.05, 4.69) is 11.4 Å². The Morgan fingerprint density at radius 2 is 2.14 bits per heavy atom. The first-order valence-electron chi connectivity index (χ1n) is 7.24. The van der Waals surface area contributed by atoms with Gasteiger partial charge in [0.2, 0.25) is 0 Å². The molecule has 1 aliphatic carbocycles. The van der Waals surface area contributed by atoms with Gasteiger partial charge in [-0.15, -0.1) is 11.8 Å². The smallest absolute Gasteiger partial charge is 0.252 e. The number of amides is 1. The third-order valence-corrected chi connectivity index (χ3v) is 4.94. The molecule has 1 saturated carbocycles. The molecule has 5 heteroatoms. The van der Waals surface area contributed by atoms with E-state index in [1.54, 1.807) is 6.07 Å². The molecule has 2 atom stereocenters. The number of thioether (sulfide) groups is 1. The summed E-state index contributed by atoms with van der Waals surface area (Å²) in [6.07, 6.45) is 3.24. The summed E-state index contributed by atoms with van der Waals surface area (Å²) in [5.74, 6) is 0.922. The van der Waals surface area contributed by atoms with Gasteiger partial charge in [0, 0.05) is 18.0 Å². The molecule has 1 aromatic rings. The molecular formula is C16H20N2O2S. The van der Waals surface area contributed by atoms with Crippen molar-refractivity contribution in [2.45, 2.75) is 24.2 Å². The lowest BCUT2D eigenvalue weighted by Gasteiger charge is -2.18. The fraction of sp³-hybridized carbons (Fsp3) is 0.500. The van der Waals surface area contributed by atoms with Gasteiger partial charge in [-0.2, -0.15) is 5.26 Å². The summed E-state index contributed by atoms with van der Waals surface area (Å²) in [5.41, 5.74) is 0.622. The Labute approximate surface area is 129 Å². The van der Waals surface area contributed by atoms with Crippen LogP contribution in [-0.2, 0) is 0 Å². The second-order valence-corrected chi connectivity index (χ2v) is 6.30. The monoisotopic (exact) mass is 304 g/mol. The Morgan fingerprint density at radius 1 is 1.38 bits per heavy atom. The maximum absolute atomic E-state index is 12.3. The van der Waals surface area contributed by atoms with Crippen molar-refractivity contribution in [3.63, 3.8) is 0 Å². The predicted molar refractivity (Wildman–Crippen MR) is 83.0 cm³/mol. The molecule has 21 heavy (non-hydrogen) atoms. The van der Waals surface area contributed by atoms with E-state index in [1.165, 1.54) is 11.8 Å². The first-order chi connectivity index (χ1) is 10.3. The van der Waals surface area contributed by atoms with Crippen LogP contribution in [0, 0.1) is 23.2 Å². The van der Waals surface area contributed by atoms with E-state index in [4.69, 9.17) is 5.26 Å². The highest BCUT2D eigenvalue weighted by atomic mass is 32.2. The summed E-state index contributed by atoms with van der Waals surface area (Å²) < 4.78 is 0. The van der Waals surface area contributed by atoms with Crippen LogP contribution in [0.2, 0.25) is 0 Å². The summed E-state index contributed by atoms with van der Waals surface area (Å²) in [5, 5.41) is 21.0. The number of aliphatic hydroxyl groups excluding tert-OH is 1. The molecule has 0 bridgehead atoms. The molecule has 4 nitrogen and oxygen atoms in total. The van der Waals surface area contributed by atoms with Crippen LogP contribution in [0.1, 0.15) is 29.6 Å². The number of nitrogens with one attached hydrogen (secondary N) is 1. The zero-order valence-electron chi connectivity index (χ0n) is 11.9. The maximum atomic E-state index is 12.3. The van der Waals surface area contributed by atoms with Crippen LogP contribution >= 0.6 is 11.8 Å². The van der Waals surface area contributed by atoms with E-state index in [9.17, 15) is 9.90 Å². The third-order valence-electron chi connectivity index (χ3n) is 4.00. The molecular weight excluding hydrogens is 284 g/mol. The number of nitrogens with zero attached hydrogens (tertiary/aromatic N) is 1. The summed E-state index contributed by atoms with van der Waals surface area (Å²) >= 11 is 1.38. The molecule has 1 fully saturated rings. The van der Waals surface area contributed by atoms with E-state index in [0.717, 1.165) is 24.2 Å².